The molecule has 0 saturated carbocycles. The molecule has 0 aliphatic carbocycles. The van der Waals surface area contributed by atoms with E-state index in [0.717, 1.165) is 18.6 Å². The Hall–Kier alpha value is -2.23. The van der Waals surface area contributed by atoms with E-state index in [4.69, 9.17) is 13.9 Å². The van der Waals surface area contributed by atoms with Crippen LogP contribution in [0.25, 0.3) is 0 Å². The minimum atomic E-state index is -0.144. The van der Waals surface area contributed by atoms with Gasteiger partial charge in [0.25, 0.3) is 0 Å². The molecule has 0 bridgehead atoms. The number of aryl methyl sites for hydroxylation is 2. The molecule has 0 unspecified atom stereocenters. The molecule has 112 valence electrons. The summed E-state index contributed by atoms with van der Waals surface area (Å²) >= 11 is 0. The molecule has 0 radical (unpaired) electrons. The highest BCUT2D eigenvalue weighted by Gasteiger charge is 2.05. The molecule has 0 saturated heterocycles. The topological polar surface area (TPSA) is 48.7 Å². The van der Waals surface area contributed by atoms with Gasteiger partial charge in [-0.25, -0.2) is 0 Å². The third-order valence-corrected chi connectivity index (χ3v) is 3.08. The summed E-state index contributed by atoms with van der Waals surface area (Å²) in [6, 6.07) is 9.34. The smallest absolute Gasteiger partial charge is 0.226 e. The molecule has 0 atom stereocenters. The van der Waals surface area contributed by atoms with E-state index in [9.17, 15) is 4.79 Å². The van der Waals surface area contributed by atoms with Gasteiger partial charge in [-0.3, -0.25) is 4.79 Å². The number of hydrogen-bond donors (Lipinski definition) is 0. The minimum Gasteiger partial charge on any atom is -0.494 e. The monoisotopic (exact) mass is 288 g/mol. The summed E-state index contributed by atoms with van der Waals surface area (Å²) in [5, 5.41) is 0. The Kier molecular flexibility index (Phi) is 5.43. The summed E-state index contributed by atoms with van der Waals surface area (Å²) in [4.78, 5) is 11.6. The van der Waals surface area contributed by atoms with Crippen LogP contribution in [0.4, 0.5) is 0 Å². The standard InChI is InChI=1S/C17H20O4/c1-13-5-7-15(8-6-13)20-10-3-4-11-21-17-14(2)19-12-9-16(17)18/h5-9,12H,3-4,10-11H2,1-2H3. The van der Waals surface area contributed by atoms with Crippen LogP contribution in [0.5, 0.6) is 11.5 Å². The lowest BCUT2D eigenvalue weighted by Crippen LogP contribution is -2.10. The molecule has 2 rings (SSSR count). The van der Waals surface area contributed by atoms with Crippen LogP contribution in [0.3, 0.4) is 0 Å². The van der Waals surface area contributed by atoms with Crippen molar-refractivity contribution >= 4 is 0 Å². The first kappa shape index (κ1) is 15.2. The zero-order chi connectivity index (χ0) is 15.1. The molecular weight excluding hydrogens is 268 g/mol. The fraction of sp³-hybridized carbons (Fsp3) is 0.353. The largest absolute Gasteiger partial charge is 0.494 e. The number of hydrogen-bond acceptors (Lipinski definition) is 4. The molecule has 0 fully saturated rings. The zero-order valence-electron chi connectivity index (χ0n) is 12.4. The lowest BCUT2D eigenvalue weighted by atomic mass is 10.2. The summed E-state index contributed by atoms with van der Waals surface area (Å²) in [5.41, 5.74) is 1.07. The molecule has 0 spiro atoms. The van der Waals surface area contributed by atoms with Crippen molar-refractivity contribution in [2.24, 2.45) is 0 Å². The molecule has 1 heterocycles. The maximum Gasteiger partial charge on any atom is 0.226 e. The predicted octanol–water partition coefficient (Wildman–Crippen LogP) is 3.49. The Bertz CT molecular complexity index is 613. The minimum absolute atomic E-state index is 0.144. The number of rotatable bonds is 7. The third-order valence-electron chi connectivity index (χ3n) is 3.08. The van der Waals surface area contributed by atoms with Crippen LogP contribution in [0.1, 0.15) is 24.2 Å². The lowest BCUT2D eigenvalue weighted by Gasteiger charge is -2.08. The van der Waals surface area contributed by atoms with Crippen molar-refractivity contribution in [3.8, 4) is 11.5 Å². The van der Waals surface area contributed by atoms with Gasteiger partial charge in [0.1, 0.15) is 11.5 Å². The van der Waals surface area contributed by atoms with Crippen molar-refractivity contribution in [1.82, 2.24) is 0 Å². The molecule has 0 amide bonds. The Morgan fingerprint density at radius 2 is 1.62 bits per heavy atom. The Morgan fingerprint density at radius 1 is 0.952 bits per heavy atom. The SMILES string of the molecule is Cc1ccc(OCCCCOc2c(C)occc2=O)cc1. The van der Waals surface area contributed by atoms with Crippen LogP contribution >= 0.6 is 0 Å². The molecule has 4 heteroatoms. The van der Waals surface area contributed by atoms with Crippen molar-refractivity contribution < 1.29 is 13.9 Å². The molecule has 1 aromatic heterocycles. The van der Waals surface area contributed by atoms with Gasteiger partial charge in [0.15, 0.2) is 0 Å². The first-order valence-electron chi connectivity index (χ1n) is 7.07. The first-order valence-corrected chi connectivity index (χ1v) is 7.07. The molecule has 21 heavy (non-hydrogen) atoms. The maximum atomic E-state index is 11.6. The summed E-state index contributed by atoms with van der Waals surface area (Å²) in [6.07, 6.45) is 3.06. The van der Waals surface area contributed by atoms with Crippen LogP contribution in [-0.2, 0) is 0 Å². The van der Waals surface area contributed by atoms with Gasteiger partial charge in [-0.1, -0.05) is 17.7 Å². The van der Waals surface area contributed by atoms with Crippen LogP contribution in [0.15, 0.2) is 45.8 Å². The maximum absolute atomic E-state index is 11.6. The van der Waals surface area contributed by atoms with Gasteiger partial charge in [-0.05, 0) is 38.8 Å². The van der Waals surface area contributed by atoms with Gasteiger partial charge in [0.2, 0.25) is 11.2 Å². The molecule has 0 aliphatic rings. The van der Waals surface area contributed by atoms with E-state index in [0.29, 0.717) is 24.7 Å². The van der Waals surface area contributed by atoms with Gasteiger partial charge in [0.05, 0.1) is 19.5 Å². The second-order valence-electron chi connectivity index (χ2n) is 4.89. The second kappa shape index (κ2) is 7.53. The average Bonchev–Trinajstić information content (AvgIpc) is 2.47. The van der Waals surface area contributed by atoms with Crippen molar-refractivity contribution in [2.75, 3.05) is 13.2 Å². The van der Waals surface area contributed by atoms with E-state index >= 15 is 0 Å². The van der Waals surface area contributed by atoms with E-state index in [-0.39, 0.29) is 5.43 Å². The lowest BCUT2D eigenvalue weighted by molar-refractivity contribution is 0.258. The number of benzene rings is 1. The van der Waals surface area contributed by atoms with Crippen molar-refractivity contribution in [3.63, 3.8) is 0 Å². The zero-order valence-corrected chi connectivity index (χ0v) is 12.4. The third kappa shape index (κ3) is 4.67. The second-order valence-corrected chi connectivity index (χ2v) is 4.89. The van der Waals surface area contributed by atoms with Crippen LogP contribution in [0.2, 0.25) is 0 Å². The summed E-state index contributed by atoms with van der Waals surface area (Å²) in [7, 11) is 0. The number of ether oxygens (including phenoxy) is 2. The van der Waals surface area contributed by atoms with E-state index in [1.54, 1.807) is 6.92 Å². The molecule has 0 aliphatic heterocycles. The van der Waals surface area contributed by atoms with Gasteiger partial charge in [-0.2, -0.15) is 0 Å². The van der Waals surface area contributed by atoms with Crippen LogP contribution in [-0.4, -0.2) is 13.2 Å². The summed E-state index contributed by atoms with van der Waals surface area (Å²) in [5.74, 6) is 1.69. The molecular formula is C17H20O4. The highest BCUT2D eigenvalue weighted by Crippen LogP contribution is 2.13. The van der Waals surface area contributed by atoms with Gasteiger partial charge in [-0.15, -0.1) is 0 Å². The van der Waals surface area contributed by atoms with Crippen LogP contribution < -0.4 is 14.9 Å². The summed E-state index contributed by atoms with van der Waals surface area (Å²) in [6.45, 7) is 4.88. The first-order chi connectivity index (χ1) is 10.2. The Morgan fingerprint density at radius 3 is 2.29 bits per heavy atom. The highest BCUT2D eigenvalue weighted by atomic mass is 16.5. The van der Waals surface area contributed by atoms with Crippen LogP contribution in [0, 0.1) is 13.8 Å². The quantitative estimate of drug-likeness (QED) is 0.732. The van der Waals surface area contributed by atoms with Gasteiger partial charge in [0, 0.05) is 6.07 Å². The fourth-order valence-corrected chi connectivity index (χ4v) is 1.88. The highest BCUT2D eigenvalue weighted by molar-refractivity contribution is 5.26. The van der Waals surface area contributed by atoms with E-state index in [1.807, 2.05) is 31.2 Å². The molecule has 2 aromatic rings. The van der Waals surface area contributed by atoms with Gasteiger partial charge >= 0.3 is 0 Å². The van der Waals surface area contributed by atoms with Crippen molar-refractivity contribution in [2.45, 2.75) is 26.7 Å². The van der Waals surface area contributed by atoms with E-state index in [1.165, 1.54) is 17.9 Å². The normalized spacial score (nSPS) is 10.4. The van der Waals surface area contributed by atoms with Gasteiger partial charge < -0.3 is 13.9 Å². The average molecular weight is 288 g/mol. The van der Waals surface area contributed by atoms with E-state index in [2.05, 4.69) is 0 Å². The summed E-state index contributed by atoms with van der Waals surface area (Å²) < 4.78 is 16.2. The predicted molar refractivity (Wildman–Crippen MR) is 81.1 cm³/mol. The Labute approximate surface area is 124 Å². The van der Waals surface area contributed by atoms with E-state index < -0.39 is 0 Å². The molecule has 4 nitrogen and oxygen atoms in total. The Balaban J connectivity index is 1.66. The number of unbranched alkanes of at least 4 members (excludes halogenated alkanes) is 1. The van der Waals surface area contributed by atoms with Crippen molar-refractivity contribution in [1.29, 1.82) is 0 Å². The molecule has 0 N–H and O–H groups in total. The molecule has 1 aromatic carbocycles. The van der Waals surface area contributed by atoms with Crippen molar-refractivity contribution in [3.05, 3.63) is 58.1 Å². The fourth-order valence-electron chi connectivity index (χ4n) is 1.88.